The molecule has 1 aromatic rings. The molecule has 2 rings (SSSR count). The first-order chi connectivity index (χ1) is 10.6. The maximum absolute atomic E-state index is 11.9. The topological polar surface area (TPSA) is 71.4 Å². The third-order valence-corrected chi connectivity index (χ3v) is 3.55. The summed E-state index contributed by atoms with van der Waals surface area (Å²) in [5, 5.41) is 9.76. The van der Waals surface area contributed by atoms with Crippen molar-refractivity contribution in [3.63, 3.8) is 0 Å². The number of aromatic nitrogens is 2. The monoisotopic (exact) mass is 309 g/mol. The van der Waals surface area contributed by atoms with Crippen LogP contribution in [0.3, 0.4) is 0 Å². The number of amides is 2. The van der Waals surface area contributed by atoms with Crippen LogP contribution in [0.2, 0.25) is 0 Å². The predicted octanol–water partition coefficient (Wildman–Crippen LogP) is 1.38. The van der Waals surface area contributed by atoms with Crippen LogP contribution in [-0.4, -0.2) is 59.6 Å². The predicted molar refractivity (Wildman–Crippen MR) is 85.9 cm³/mol. The van der Waals surface area contributed by atoms with E-state index in [1.807, 2.05) is 6.92 Å². The number of carbonyl (C=O) groups excluding carboxylic acids is 1. The molecule has 2 N–H and O–H groups in total. The summed E-state index contributed by atoms with van der Waals surface area (Å²) in [4.78, 5) is 14.3. The summed E-state index contributed by atoms with van der Waals surface area (Å²) in [5.41, 5.74) is 0.699. The van der Waals surface area contributed by atoms with E-state index >= 15 is 0 Å². The van der Waals surface area contributed by atoms with Crippen LogP contribution in [0.25, 0.3) is 0 Å². The molecule has 0 bridgehead atoms. The lowest BCUT2D eigenvalue weighted by Gasteiger charge is -2.33. The molecule has 22 heavy (non-hydrogen) atoms. The Kier molecular flexibility index (Phi) is 6.21. The van der Waals surface area contributed by atoms with Gasteiger partial charge in [0, 0.05) is 38.9 Å². The first-order valence-electron chi connectivity index (χ1n) is 7.98. The Labute approximate surface area is 132 Å². The molecule has 0 aromatic carbocycles. The molecule has 0 aliphatic carbocycles. The highest BCUT2D eigenvalue weighted by Gasteiger charge is 2.21. The van der Waals surface area contributed by atoms with Gasteiger partial charge in [-0.3, -0.25) is 9.58 Å². The highest BCUT2D eigenvalue weighted by atomic mass is 16.5. The minimum absolute atomic E-state index is 0.0524. The number of hydrogen-bond acceptors (Lipinski definition) is 4. The second kappa shape index (κ2) is 8.14. The van der Waals surface area contributed by atoms with Gasteiger partial charge in [-0.05, 0) is 12.8 Å². The van der Waals surface area contributed by atoms with Gasteiger partial charge in [-0.15, -0.1) is 0 Å². The summed E-state index contributed by atoms with van der Waals surface area (Å²) in [5.74, 6) is 0.644. The van der Waals surface area contributed by atoms with Gasteiger partial charge in [0.2, 0.25) is 0 Å². The van der Waals surface area contributed by atoms with Gasteiger partial charge < -0.3 is 15.4 Å². The van der Waals surface area contributed by atoms with Gasteiger partial charge in [0.05, 0.1) is 24.6 Å². The molecule has 1 atom stereocenters. The maximum atomic E-state index is 11.9. The molecule has 124 valence electrons. The summed E-state index contributed by atoms with van der Waals surface area (Å²) in [7, 11) is 0. The molecule has 2 amide bonds. The van der Waals surface area contributed by atoms with E-state index in [9.17, 15) is 4.79 Å². The number of hydrogen-bond donors (Lipinski definition) is 2. The van der Waals surface area contributed by atoms with Crippen LogP contribution in [-0.2, 0) is 11.3 Å². The van der Waals surface area contributed by atoms with Crippen molar-refractivity contribution in [1.82, 2.24) is 20.0 Å². The molecule has 2 heterocycles. The Bertz CT molecular complexity index is 474. The number of ether oxygens (including phenoxy) is 1. The van der Waals surface area contributed by atoms with Crippen LogP contribution in [0.4, 0.5) is 10.5 Å². The van der Waals surface area contributed by atoms with Crippen molar-refractivity contribution in [2.75, 3.05) is 38.1 Å². The lowest BCUT2D eigenvalue weighted by molar-refractivity contribution is -0.0288. The normalized spacial score (nSPS) is 19.4. The van der Waals surface area contributed by atoms with Crippen LogP contribution in [0.15, 0.2) is 12.4 Å². The van der Waals surface area contributed by atoms with E-state index in [0.717, 1.165) is 32.8 Å². The number of nitrogens with one attached hydrogen (secondary N) is 2. The summed E-state index contributed by atoms with van der Waals surface area (Å²) >= 11 is 0. The highest BCUT2D eigenvalue weighted by molar-refractivity contribution is 5.88. The van der Waals surface area contributed by atoms with Crippen molar-refractivity contribution in [2.24, 2.45) is 5.92 Å². The third kappa shape index (κ3) is 5.31. The lowest BCUT2D eigenvalue weighted by Crippen LogP contribution is -2.48. The van der Waals surface area contributed by atoms with Gasteiger partial charge >= 0.3 is 6.03 Å². The van der Waals surface area contributed by atoms with Crippen molar-refractivity contribution >= 4 is 11.7 Å². The molecule has 0 saturated carbocycles. The first-order valence-corrected chi connectivity index (χ1v) is 7.98. The minimum atomic E-state index is -0.222. The van der Waals surface area contributed by atoms with E-state index in [1.165, 1.54) is 0 Å². The molecule has 1 aliphatic rings. The van der Waals surface area contributed by atoms with E-state index in [1.54, 1.807) is 17.1 Å². The van der Waals surface area contributed by atoms with Crippen molar-refractivity contribution in [3.8, 4) is 0 Å². The van der Waals surface area contributed by atoms with E-state index in [2.05, 4.69) is 34.5 Å². The molecule has 0 radical (unpaired) electrons. The standard InChI is InChI=1S/C15H27N5O2/c1-4-20-10-13(7-17-20)18-15(21)16-8-14-11-19(5-6-22-14)9-12(2)3/h7,10,12,14H,4-6,8-9,11H2,1-3H3,(H2,16,18,21)/t14-/m1/s1. The molecular formula is C15H27N5O2. The number of nitrogens with zero attached hydrogens (tertiary/aromatic N) is 3. The summed E-state index contributed by atoms with van der Waals surface area (Å²) in [6.07, 6.45) is 3.50. The zero-order valence-electron chi connectivity index (χ0n) is 13.7. The zero-order valence-corrected chi connectivity index (χ0v) is 13.7. The SMILES string of the molecule is CCn1cc(NC(=O)NC[C@@H]2CN(CC(C)C)CCO2)cn1. The quantitative estimate of drug-likeness (QED) is 0.833. The fourth-order valence-electron chi connectivity index (χ4n) is 2.57. The Morgan fingerprint density at radius 3 is 3.05 bits per heavy atom. The van der Waals surface area contributed by atoms with Gasteiger partial charge in [0.25, 0.3) is 0 Å². The van der Waals surface area contributed by atoms with Crippen molar-refractivity contribution in [3.05, 3.63) is 12.4 Å². The van der Waals surface area contributed by atoms with Crippen molar-refractivity contribution in [2.45, 2.75) is 33.4 Å². The zero-order chi connectivity index (χ0) is 15.9. The Morgan fingerprint density at radius 1 is 1.55 bits per heavy atom. The summed E-state index contributed by atoms with van der Waals surface area (Å²) < 4.78 is 7.48. The van der Waals surface area contributed by atoms with Crippen LogP contribution in [0.5, 0.6) is 0 Å². The summed E-state index contributed by atoms with van der Waals surface area (Å²) in [6, 6.07) is -0.222. The van der Waals surface area contributed by atoms with Crippen LogP contribution in [0.1, 0.15) is 20.8 Å². The first kappa shape index (κ1) is 16.8. The molecule has 0 spiro atoms. The largest absolute Gasteiger partial charge is 0.374 e. The highest BCUT2D eigenvalue weighted by Crippen LogP contribution is 2.08. The van der Waals surface area contributed by atoms with Gasteiger partial charge in [-0.1, -0.05) is 13.8 Å². The number of urea groups is 1. The molecular weight excluding hydrogens is 282 g/mol. The number of anilines is 1. The van der Waals surface area contributed by atoms with E-state index in [4.69, 9.17) is 4.74 Å². The second-order valence-electron chi connectivity index (χ2n) is 6.07. The van der Waals surface area contributed by atoms with Gasteiger partial charge in [-0.2, -0.15) is 5.10 Å². The van der Waals surface area contributed by atoms with Crippen LogP contribution < -0.4 is 10.6 Å². The Morgan fingerprint density at radius 2 is 2.36 bits per heavy atom. The number of carbonyl (C=O) groups is 1. The maximum Gasteiger partial charge on any atom is 0.319 e. The molecule has 7 heteroatoms. The van der Waals surface area contributed by atoms with Crippen molar-refractivity contribution < 1.29 is 9.53 Å². The number of aryl methyl sites for hydroxylation is 1. The Balaban J connectivity index is 1.71. The van der Waals surface area contributed by atoms with Gasteiger partial charge in [0.1, 0.15) is 0 Å². The van der Waals surface area contributed by atoms with E-state index in [-0.39, 0.29) is 12.1 Å². The fourth-order valence-corrected chi connectivity index (χ4v) is 2.57. The van der Waals surface area contributed by atoms with Crippen molar-refractivity contribution in [1.29, 1.82) is 0 Å². The van der Waals surface area contributed by atoms with E-state index in [0.29, 0.717) is 18.2 Å². The van der Waals surface area contributed by atoms with Crippen LogP contribution in [0, 0.1) is 5.92 Å². The molecule has 1 aromatic heterocycles. The molecule has 1 fully saturated rings. The minimum Gasteiger partial charge on any atom is -0.374 e. The number of morpholine rings is 1. The average molecular weight is 309 g/mol. The lowest BCUT2D eigenvalue weighted by atomic mass is 10.2. The Hall–Kier alpha value is -1.60. The molecule has 1 aliphatic heterocycles. The number of rotatable bonds is 6. The molecule has 7 nitrogen and oxygen atoms in total. The van der Waals surface area contributed by atoms with Crippen LogP contribution >= 0.6 is 0 Å². The van der Waals surface area contributed by atoms with Gasteiger partial charge in [0.15, 0.2) is 0 Å². The van der Waals surface area contributed by atoms with Gasteiger partial charge in [-0.25, -0.2) is 4.79 Å². The van der Waals surface area contributed by atoms with E-state index < -0.39 is 0 Å². The smallest absolute Gasteiger partial charge is 0.319 e. The summed E-state index contributed by atoms with van der Waals surface area (Å²) in [6.45, 7) is 11.4. The second-order valence-corrected chi connectivity index (χ2v) is 6.07. The molecule has 1 saturated heterocycles. The average Bonchev–Trinajstić information content (AvgIpc) is 2.92. The fraction of sp³-hybridized carbons (Fsp3) is 0.733. The molecule has 0 unspecified atom stereocenters. The third-order valence-electron chi connectivity index (χ3n) is 3.55.